The quantitative estimate of drug-likeness (QED) is 0.436. The Morgan fingerprint density at radius 1 is 1.00 bits per heavy atom. The topological polar surface area (TPSA) is 103 Å². The lowest BCUT2D eigenvalue weighted by Gasteiger charge is -2.32. The summed E-state index contributed by atoms with van der Waals surface area (Å²) < 4.78 is 39.5. The molecule has 0 saturated heterocycles. The zero-order valence-electron chi connectivity index (χ0n) is 19.5. The summed E-state index contributed by atoms with van der Waals surface area (Å²) in [5.41, 5.74) is 1.09. The van der Waals surface area contributed by atoms with Crippen molar-refractivity contribution in [2.75, 3.05) is 0 Å². The van der Waals surface area contributed by atoms with Crippen LogP contribution in [0.5, 0.6) is 5.88 Å². The molecule has 1 aliphatic rings. The molecule has 2 N–H and O–H groups in total. The molecule has 0 radical (unpaired) electrons. The number of rotatable bonds is 10. The zero-order chi connectivity index (χ0) is 25.5. The van der Waals surface area contributed by atoms with Gasteiger partial charge in [0.05, 0.1) is 18.8 Å². The number of hydrogen-bond acceptors (Lipinski definition) is 5. The maximum absolute atomic E-state index is 13.5. The van der Waals surface area contributed by atoms with Crippen LogP contribution in [-0.2, 0) is 29.3 Å². The average molecular weight is 500 g/mol. The van der Waals surface area contributed by atoms with E-state index in [1.54, 1.807) is 0 Å². The van der Waals surface area contributed by atoms with Crippen molar-refractivity contribution in [1.82, 2.24) is 15.1 Å². The number of ether oxygens (including phenoxy) is 2. The summed E-state index contributed by atoms with van der Waals surface area (Å²) in [4.78, 5) is 24.3. The minimum absolute atomic E-state index is 0.0211. The van der Waals surface area contributed by atoms with Gasteiger partial charge in [-0.05, 0) is 36.1 Å². The van der Waals surface area contributed by atoms with Gasteiger partial charge in [-0.25, -0.2) is 18.3 Å². The van der Waals surface area contributed by atoms with Gasteiger partial charge in [0.25, 0.3) is 0 Å². The third kappa shape index (κ3) is 6.66. The number of carboxylic acids is 1. The van der Waals surface area contributed by atoms with E-state index in [4.69, 9.17) is 9.47 Å². The molecule has 1 heterocycles. The number of amides is 1. The number of nitrogens with one attached hydrogen (secondary N) is 1. The summed E-state index contributed by atoms with van der Waals surface area (Å²) in [5.74, 6) is -3.64. The number of carbonyl (C=O) groups is 2. The molecule has 10 heteroatoms. The first-order chi connectivity index (χ1) is 17.4. The van der Waals surface area contributed by atoms with Crippen LogP contribution >= 0.6 is 0 Å². The van der Waals surface area contributed by atoms with Crippen LogP contribution in [0.2, 0.25) is 0 Å². The van der Waals surface area contributed by atoms with Gasteiger partial charge >= 0.3 is 5.97 Å². The Morgan fingerprint density at radius 2 is 1.78 bits per heavy atom. The van der Waals surface area contributed by atoms with Crippen LogP contribution in [0.15, 0.2) is 54.6 Å². The van der Waals surface area contributed by atoms with E-state index in [1.807, 2.05) is 30.3 Å². The van der Waals surface area contributed by atoms with E-state index in [1.165, 1.54) is 12.1 Å². The molecule has 1 amide bonds. The van der Waals surface area contributed by atoms with Crippen LogP contribution in [0.1, 0.15) is 47.3 Å². The third-order valence-electron chi connectivity index (χ3n) is 5.98. The van der Waals surface area contributed by atoms with E-state index >= 15 is 0 Å². The Kier molecular flexibility index (Phi) is 8.27. The van der Waals surface area contributed by atoms with E-state index < -0.39 is 17.6 Å². The molecule has 3 aromatic rings. The molecule has 4 rings (SSSR count). The Balaban J connectivity index is 1.39. The smallest absolute Gasteiger partial charge is 0.356 e. The van der Waals surface area contributed by atoms with E-state index in [0.717, 1.165) is 48.1 Å². The van der Waals surface area contributed by atoms with Gasteiger partial charge in [0.15, 0.2) is 17.3 Å². The van der Waals surface area contributed by atoms with Gasteiger partial charge in [-0.1, -0.05) is 49.2 Å². The minimum atomic E-state index is -1.28. The van der Waals surface area contributed by atoms with Crippen molar-refractivity contribution in [3.05, 3.63) is 83.1 Å². The fraction of sp³-hybridized carbons (Fsp3) is 0.346. The summed E-state index contributed by atoms with van der Waals surface area (Å²) in [6, 6.07) is 14.1. The van der Waals surface area contributed by atoms with Gasteiger partial charge in [0.1, 0.15) is 13.2 Å². The molecule has 190 valence electrons. The number of aromatic nitrogens is 2. The van der Waals surface area contributed by atoms with Crippen molar-refractivity contribution in [1.29, 1.82) is 0 Å². The number of nitrogens with zero attached hydrogens (tertiary/aromatic N) is 2. The van der Waals surface area contributed by atoms with E-state index in [2.05, 4.69) is 10.4 Å². The summed E-state index contributed by atoms with van der Waals surface area (Å²) in [5, 5.41) is 16.3. The van der Waals surface area contributed by atoms with Crippen LogP contribution in [0.25, 0.3) is 0 Å². The van der Waals surface area contributed by atoms with E-state index in [-0.39, 0.29) is 42.8 Å². The van der Waals surface area contributed by atoms with Crippen molar-refractivity contribution in [2.24, 2.45) is 0 Å². The van der Waals surface area contributed by atoms with Crippen LogP contribution in [-0.4, -0.2) is 38.9 Å². The van der Waals surface area contributed by atoms with Gasteiger partial charge in [-0.2, -0.15) is 5.10 Å². The summed E-state index contributed by atoms with van der Waals surface area (Å²) in [7, 11) is 0. The van der Waals surface area contributed by atoms with Gasteiger partial charge in [-0.15, -0.1) is 0 Å². The first-order valence-electron chi connectivity index (χ1n) is 11.7. The van der Waals surface area contributed by atoms with Crippen molar-refractivity contribution in [3.8, 4) is 5.88 Å². The standard InChI is InChI=1S/C26H27F2N3O5/c27-19-11-10-18(12-20(19)28)16-36-25-13-22(26(33)34)30-31(25)14-24(32)29-21-8-4-5-9-23(21)35-15-17-6-2-1-3-7-17/h1-3,6-7,10-13,21,23H,4-5,8-9,14-16H2,(H,29,32)(H,33,34)/t21-,23-/m0/s1. The lowest BCUT2D eigenvalue weighted by molar-refractivity contribution is -0.124. The van der Waals surface area contributed by atoms with Gasteiger partial charge < -0.3 is 19.9 Å². The second-order valence-electron chi connectivity index (χ2n) is 8.66. The highest BCUT2D eigenvalue weighted by molar-refractivity contribution is 5.85. The number of carbonyl (C=O) groups excluding carboxylic acids is 1. The number of benzene rings is 2. The maximum Gasteiger partial charge on any atom is 0.356 e. The molecule has 0 unspecified atom stereocenters. The molecule has 8 nitrogen and oxygen atoms in total. The normalized spacial score (nSPS) is 17.5. The van der Waals surface area contributed by atoms with Crippen molar-refractivity contribution >= 4 is 11.9 Å². The van der Waals surface area contributed by atoms with Crippen molar-refractivity contribution in [2.45, 2.75) is 57.6 Å². The molecule has 1 aliphatic carbocycles. The number of aromatic carboxylic acids is 1. The molecule has 2 atom stereocenters. The molecule has 1 fully saturated rings. The lowest BCUT2D eigenvalue weighted by Crippen LogP contribution is -2.47. The van der Waals surface area contributed by atoms with Crippen molar-refractivity contribution < 1.29 is 33.0 Å². The number of hydrogen-bond donors (Lipinski definition) is 2. The van der Waals surface area contributed by atoms with Crippen LogP contribution < -0.4 is 10.1 Å². The molecule has 0 spiro atoms. The lowest BCUT2D eigenvalue weighted by atomic mass is 9.92. The van der Waals surface area contributed by atoms with Gasteiger partial charge in [-0.3, -0.25) is 4.79 Å². The summed E-state index contributed by atoms with van der Waals surface area (Å²) in [6.45, 7) is 0.00483. The minimum Gasteiger partial charge on any atom is -0.476 e. The molecule has 36 heavy (non-hydrogen) atoms. The fourth-order valence-electron chi connectivity index (χ4n) is 4.15. The monoisotopic (exact) mass is 499 g/mol. The van der Waals surface area contributed by atoms with Crippen molar-refractivity contribution in [3.63, 3.8) is 0 Å². The third-order valence-corrected chi connectivity index (χ3v) is 5.98. The Labute approximate surface area is 206 Å². The second-order valence-corrected chi connectivity index (χ2v) is 8.66. The predicted molar refractivity (Wildman–Crippen MR) is 125 cm³/mol. The van der Waals surface area contributed by atoms with Gasteiger partial charge in [0, 0.05) is 6.07 Å². The summed E-state index contributed by atoms with van der Waals surface area (Å²) in [6.07, 6.45) is 3.42. The number of carboxylic acid groups (broad SMARTS) is 1. The highest BCUT2D eigenvalue weighted by Gasteiger charge is 2.28. The molecule has 0 bridgehead atoms. The first kappa shape index (κ1) is 25.3. The number of halogens is 2. The molecule has 1 saturated carbocycles. The Morgan fingerprint density at radius 3 is 2.53 bits per heavy atom. The molecular formula is C26H27F2N3O5. The van der Waals surface area contributed by atoms with E-state index in [0.29, 0.717) is 12.2 Å². The molecular weight excluding hydrogens is 472 g/mol. The molecule has 1 aromatic heterocycles. The Bertz CT molecular complexity index is 1200. The Hall–Kier alpha value is -3.79. The van der Waals surface area contributed by atoms with Crippen LogP contribution in [0.3, 0.4) is 0 Å². The van der Waals surface area contributed by atoms with Crippen LogP contribution in [0, 0.1) is 11.6 Å². The molecule has 0 aliphatic heterocycles. The first-order valence-corrected chi connectivity index (χ1v) is 11.7. The fourth-order valence-corrected chi connectivity index (χ4v) is 4.15. The maximum atomic E-state index is 13.5. The highest BCUT2D eigenvalue weighted by atomic mass is 19.2. The predicted octanol–water partition coefficient (Wildman–Crippen LogP) is 4.08. The van der Waals surface area contributed by atoms with Gasteiger partial charge in [0.2, 0.25) is 11.8 Å². The van der Waals surface area contributed by atoms with Crippen LogP contribution in [0.4, 0.5) is 8.78 Å². The highest BCUT2D eigenvalue weighted by Crippen LogP contribution is 2.23. The zero-order valence-corrected chi connectivity index (χ0v) is 19.5. The van der Waals surface area contributed by atoms with E-state index in [9.17, 15) is 23.5 Å². The average Bonchev–Trinajstić information content (AvgIpc) is 3.27. The summed E-state index contributed by atoms with van der Waals surface area (Å²) >= 11 is 0. The largest absolute Gasteiger partial charge is 0.476 e. The SMILES string of the molecule is O=C(Cn1nc(C(=O)O)cc1OCc1ccc(F)c(F)c1)N[C@H]1CCCC[C@@H]1OCc1ccccc1. The molecule has 2 aromatic carbocycles. The second kappa shape index (κ2) is 11.8.